The lowest BCUT2D eigenvalue weighted by atomic mass is 10.0. The summed E-state index contributed by atoms with van der Waals surface area (Å²) < 4.78 is 0. The molecule has 1 rings (SSSR count). The van der Waals surface area contributed by atoms with Crippen LogP contribution in [0.4, 0.5) is 0 Å². The van der Waals surface area contributed by atoms with Crippen LogP contribution in [-0.4, -0.2) is 18.1 Å². The fraction of sp³-hybridized carbons (Fsp3) is 0.200. The number of carbonyl (C=O) groups is 2. The molecule has 3 nitrogen and oxygen atoms in total. The van der Waals surface area contributed by atoms with Crippen LogP contribution in [0, 0.1) is 0 Å². The predicted molar refractivity (Wildman–Crippen MR) is 49.8 cm³/mol. The number of ketones is 1. The van der Waals surface area contributed by atoms with Crippen molar-refractivity contribution in [1.29, 1.82) is 0 Å². The Morgan fingerprint density at radius 2 is 1.92 bits per heavy atom. The third-order valence-electron chi connectivity index (χ3n) is 1.74. The summed E-state index contributed by atoms with van der Waals surface area (Å²) in [7, 11) is 0. The van der Waals surface area contributed by atoms with Crippen molar-refractivity contribution in [1.82, 2.24) is 0 Å². The molecular weight excluding hydrogens is 166 g/mol. The molecule has 0 aliphatic heterocycles. The van der Waals surface area contributed by atoms with Gasteiger partial charge in [-0.15, -0.1) is 0 Å². The number of carbonyl (C=O) groups excluding carboxylic acids is 2. The number of hydrogen-bond donors (Lipinski definition) is 1. The molecule has 0 saturated heterocycles. The second kappa shape index (κ2) is 3.96. The van der Waals surface area contributed by atoms with Crippen LogP contribution in [0.5, 0.6) is 0 Å². The monoisotopic (exact) mass is 177 g/mol. The molecule has 0 radical (unpaired) electrons. The maximum absolute atomic E-state index is 11.3. The number of nitrogens with two attached hydrogens (primary N) is 1. The Morgan fingerprint density at radius 1 is 1.38 bits per heavy atom. The molecule has 0 aliphatic rings. The molecule has 0 heterocycles. The van der Waals surface area contributed by atoms with Crippen molar-refractivity contribution in [3.63, 3.8) is 0 Å². The number of benzene rings is 1. The minimum absolute atomic E-state index is 0.113. The van der Waals surface area contributed by atoms with Crippen molar-refractivity contribution in [2.45, 2.75) is 13.0 Å². The molecule has 0 aliphatic carbocycles. The summed E-state index contributed by atoms with van der Waals surface area (Å²) in [6.07, 6.45) is 0.736. The molecule has 68 valence electrons. The molecule has 0 bridgehead atoms. The van der Waals surface area contributed by atoms with Crippen molar-refractivity contribution in [3.05, 3.63) is 35.4 Å². The van der Waals surface area contributed by atoms with Gasteiger partial charge in [0.2, 0.25) is 0 Å². The average Bonchev–Trinajstić information content (AvgIpc) is 2.17. The lowest BCUT2D eigenvalue weighted by Gasteiger charge is -2.03. The quantitative estimate of drug-likeness (QED) is 0.554. The van der Waals surface area contributed by atoms with Crippen LogP contribution in [0.1, 0.15) is 27.6 Å². The summed E-state index contributed by atoms with van der Waals surface area (Å²) in [5.41, 5.74) is 6.52. The third kappa shape index (κ3) is 2.23. The SMILES string of the molecule is C[C@@H](N)C(=O)c1ccc(C=O)cc1. The van der Waals surface area contributed by atoms with E-state index < -0.39 is 6.04 Å². The lowest BCUT2D eigenvalue weighted by Crippen LogP contribution is -2.26. The zero-order valence-electron chi connectivity index (χ0n) is 7.36. The number of rotatable bonds is 3. The zero-order chi connectivity index (χ0) is 9.84. The van der Waals surface area contributed by atoms with Gasteiger partial charge in [-0.1, -0.05) is 24.3 Å². The van der Waals surface area contributed by atoms with E-state index in [0.29, 0.717) is 11.1 Å². The van der Waals surface area contributed by atoms with Crippen molar-refractivity contribution in [3.8, 4) is 0 Å². The van der Waals surface area contributed by atoms with Gasteiger partial charge in [-0.2, -0.15) is 0 Å². The predicted octanol–water partition coefficient (Wildman–Crippen LogP) is 1.03. The van der Waals surface area contributed by atoms with Crippen molar-refractivity contribution in [2.24, 2.45) is 5.73 Å². The largest absolute Gasteiger partial charge is 0.321 e. The normalized spacial score (nSPS) is 12.2. The number of Topliss-reactive ketones (excluding diaryl/α,β-unsaturated/α-hetero) is 1. The Kier molecular flexibility index (Phi) is 2.93. The summed E-state index contributed by atoms with van der Waals surface area (Å²) in [6.45, 7) is 1.63. The molecule has 2 N–H and O–H groups in total. The highest BCUT2D eigenvalue weighted by Crippen LogP contribution is 2.04. The van der Waals surface area contributed by atoms with E-state index in [1.807, 2.05) is 0 Å². The Labute approximate surface area is 76.6 Å². The molecule has 0 fully saturated rings. The minimum Gasteiger partial charge on any atom is -0.321 e. The maximum Gasteiger partial charge on any atom is 0.179 e. The standard InChI is InChI=1S/C10H11NO2/c1-7(11)10(13)9-4-2-8(6-12)3-5-9/h2-7H,11H2,1H3/t7-/m1/s1. The molecule has 0 unspecified atom stereocenters. The summed E-state index contributed by atoms with van der Waals surface area (Å²) in [5, 5.41) is 0. The number of aldehydes is 1. The summed E-state index contributed by atoms with van der Waals surface area (Å²) in [4.78, 5) is 21.6. The van der Waals surface area contributed by atoms with Crippen LogP contribution in [0.15, 0.2) is 24.3 Å². The van der Waals surface area contributed by atoms with Gasteiger partial charge in [0.15, 0.2) is 5.78 Å². The van der Waals surface area contributed by atoms with Gasteiger partial charge in [0.1, 0.15) is 6.29 Å². The second-order valence-electron chi connectivity index (χ2n) is 2.89. The molecule has 1 aromatic rings. The van der Waals surface area contributed by atoms with Gasteiger partial charge in [0, 0.05) is 11.1 Å². The van der Waals surface area contributed by atoms with Gasteiger partial charge in [-0.25, -0.2) is 0 Å². The highest BCUT2D eigenvalue weighted by molar-refractivity contribution is 6.00. The maximum atomic E-state index is 11.3. The first-order valence-electron chi connectivity index (χ1n) is 4.00. The second-order valence-corrected chi connectivity index (χ2v) is 2.89. The number of hydrogen-bond acceptors (Lipinski definition) is 3. The van der Waals surface area contributed by atoms with E-state index >= 15 is 0 Å². The van der Waals surface area contributed by atoms with Crippen LogP contribution in [-0.2, 0) is 0 Å². The Balaban J connectivity index is 2.92. The molecule has 3 heteroatoms. The molecule has 0 amide bonds. The van der Waals surface area contributed by atoms with Gasteiger partial charge in [-0.3, -0.25) is 9.59 Å². The molecule has 0 aromatic heterocycles. The fourth-order valence-electron chi connectivity index (χ4n) is 0.989. The van der Waals surface area contributed by atoms with Gasteiger partial charge >= 0.3 is 0 Å². The first-order valence-corrected chi connectivity index (χ1v) is 4.00. The van der Waals surface area contributed by atoms with Crippen LogP contribution in [0.2, 0.25) is 0 Å². The zero-order valence-corrected chi connectivity index (χ0v) is 7.36. The van der Waals surface area contributed by atoms with Crippen molar-refractivity contribution >= 4 is 12.1 Å². The Morgan fingerprint density at radius 3 is 2.31 bits per heavy atom. The van der Waals surface area contributed by atoms with E-state index in [1.54, 1.807) is 31.2 Å². The van der Waals surface area contributed by atoms with Crippen LogP contribution in [0.3, 0.4) is 0 Å². The lowest BCUT2D eigenvalue weighted by molar-refractivity contribution is 0.0967. The van der Waals surface area contributed by atoms with Crippen molar-refractivity contribution < 1.29 is 9.59 Å². The minimum atomic E-state index is -0.498. The highest BCUT2D eigenvalue weighted by Gasteiger charge is 2.09. The van der Waals surface area contributed by atoms with E-state index in [2.05, 4.69) is 0 Å². The van der Waals surface area contributed by atoms with E-state index in [-0.39, 0.29) is 5.78 Å². The molecule has 0 saturated carbocycles. The summed E-state index contributed by atoms with van der Waals surface area (Å²) in [5.74, 6) is -0.113. The van der Waals surface area contributed by atoms with E-state index in [1.165, 1.54) is 0 Å². The highest BCUT2D eigenvalue weighted by atomic mass is 16.1. The third-order valence-corrected chi connectivity index (χ3v) is 1.74. The Bertz CT molecular complexity index is 314. The fourth-order valence-corrected chi connectivity index (χ4v) is 0.989. The van der Waals surface area contributed by atoms with E-state index in [0.717, 1.165) is 6.29 Å². The molecule has 0 spiro atoms. The summed E-state index contributed by atoms with van der Waals surface area (Å²) >= 11 is 0. The molecule has 1 aromatic carbocycles. The molecular formula is C10H11NO2. The van der Waals surface area contributed by atoms with Crippen LogP contribution >= 0.6 is 0 Å². The Hall–Kier alpha value is -1.48. The van der Waals surface area contributed by atoms with Crippen LogP contribution < -0.4 is 5.73 Å². The van der Waals surface area contributed by atoms with Gasteiger partial charge < -0.3 is 5.73 Å². The van der Waals surface area contributed by atoms with Crippen molar-refractivity contribution in [2.75, 3.05) is 0 Å². The molecule has 13 heavy (non-hydrogen) atoms. The van der Waals surface area contributed by atoms with Crippen LogP contribution in [0.25, 0.3) is 0 Å². The van der Waals surface area contributed by atoms with E-state index in [9.17, 15) is 9.59 Å². The molecule has 1 atom stereocenters. The van der Waals surface area contributed by atoms with Gasteiger partial charge in [-0.05, 0) is 6.92 Å². The van der Waals surface area contributed by atoms with Gasteiger partial charge in [0.25, 0.3) is 0 Å². The first-order chi connectivity index (χ1) is 6.15. The van der Waals surface area contributed by atoms with E-state index in [4.69, 9.17) is 5.73 Å². The average molecular weight is 177 g/mol. The topological polar surface area (TPSA) is 60.2 Å². The summed E-state index contributed by atoms with van der Waals surface area (Å²) in [6, 6.07) is 5.91. The first kappa shape index (κ1) is 9.61. The van der Waals surface area contributed by atoms with Gasteiger partial charge in [0.05, 0.1) is 6.04 Å². The smallest absolute Gasteiger partial charge is 0.179 e.